The highest BCUT2D eigenvalue weighted by atomic mass is 19.1. The summed E-state index contributed by atoms with van der Waals surface area (Å²) < 4.78 is 26.1. The van der Waals surface area contributed by atoms with Crippen LogP contribution in [0.25, 0.3) is 0 Å². The number of carboxylic acids is 1. The Labute approximate surface area is 104 Å². The van der Waals surface area contributed by atoms with Gasteiger partial charge in [-0.3, -0.25) is 4.79 Å². The van der Waals surface area contributed by atoms with Crippen molar-refractivity contribution < 1.29 is 18.7 Å². The van der Waals surface area contributed by atoms with E-state index in [2.05, 4.69) is 0 Å². The van der Waals surface area contributed by atoms with Crippen molar-refractivity contribution in [3.05, 3.63) is 35.4 Å². The molecule has 2 atom stereocenters. The summed E-state index contributed by atoms with van der Waals surface area (Å²) in [6.07, 6.45) is 1.51. The summed E-state index contributed by atoms with van der Waals surface area (Å²) in [7, 11) is 0. The number of aryl methyl sites for hydroxylation is 1. The first kappa shape index (κ1) is 13.0. The second-order valence-corrected chi connectivity index (χ2v) is 4.84. The number of hydrogen-bond donors (Lipinski definition) is 2. The minimum absolute atomic E-state index is 0.00977. The van der Waals surface area contributed by atoms with Gasteiger partial charge in [-0.25, -0.2) is 8.78 Å². The molecule has 0 saturated heterocycles. The summed E-state index contributed by atoms with van der Waals surface area (Å²) in [6.45, 7) is 0.110. The van der Waals surface area contributed by atoms with Crippen molar-refractivity contribution in [3.8, 4) is 0 Å². The SMILES string of the molecule is NCC1(C(=O)O)CC1CCc1ccc(F)cc1F. The van der Waals surface area contributed by atoms with E-state index in [1.165, 1.54) is 12.1 Å². The smallest absolute Gasteiger partial charge is 0.311 e. The monoisotopic (exact) mass is 255 g/mol. The first-order valence-corrected chi connectivity index (χ1v) is 5.87. The van der Waals surface area contributed by atoms with Crippen LogP contribution in [-0.2, 0) is 11.2 Å². The molecule has 1 saturated carbocycles. The van der Waals surface area contributed by atoms with Gasteiger partial charge in [0.05, 0.1) is 5.41 Å². The molecule has 0 aliphatic heterocycles. The lowest BCUT2D eigenvalue weighted by molar-refractivity contribution is -0.143. The summed E-state index contributed by atoms with van der Waals surface area (Å²) >= 11 is 0. The van der Waals surface area contributed by atoms with Gasteiger partial charge in [-0.2, -0.15) is 0 Å². The molecule has 1 aliphatic rings. The first-order valence-electron chi connectivity index (χ1n) is 5.87. The lowest BCUT2D eigenvalue weighted by Gasteiger charge is -2.09. The molecule has 2 unspecified atom stereocenters. The number of nitrogens with two attached hydrogens (primary N) is 1. The van der Waals surface area contributed by atoms with Gasteiger partial charge in [0.15, 0.2) is 0 Å². The maximum absolute atomic E-state index is 13.4. The minimum atomic E-state index is -0.880. The summed E-state index contributed by atoms with van der Waals surface area (Å²) in [6, 6.07) is 3.45. The van der Waals surface area contributed by atoms with Gasteiger partial charge < -0.3 is 10.8 Å². The van der Waals surface area contributed by atoms with Crippen LogP contribution in [0.15, 0.2) is 18.2 Å². The molecule has 1 aromatic carbocycles. The van der Waals surface area contributed by atoms with Gasteiger partial charge >= 0.3 is 5.97 Å². The summed E-state index contributed by atoms with van der Waals surface area (Å²) in [5.74, 6) is -2.08. The van der Waals surface area contributed by atoms with Gasteiger partial charge in [0, 0.05) is 12.6 Å². The third kappa shape index (κ3) is 2.22. The predicted octanol–water partition coefficient (Wildman–Crippen LogP) is 1.95. The van der Waals surface area contributed by atoms with Crippen molar-refractivity contribution in [3.63, 3.8) is 0 Å². The van der Waals surface area contributed by atoms with Crippen LogP contribution < -0.4 is 5.73 Å². The fourth-order valence-electron chi connectivity index (χ4n) is 2.41. The van der Waals surface area contributed by atoms with E-state index in [1.54, 1.807) is 0 Å². The van der Waals surface area contributed by atoms with Crippen LogP contribution in [0.2, 0.25) is 0 Å². The molecule has 0 radical (unpaired) electrons. The van der Waals surface area contributed by atoms with E-state index in [0.717, 1.165) is 6.07 Å². The number of rotatable bonds is 5. The predicted molar refractivity (Wildman–Crippen MR) is 61.9 cm³/mol. The van der Waals surface area contributed by atoms with Crippen molar-refractivity contribution in [2.24, 2.45) is 17.1 Å². The van der Waals surface area contributed by atoms with E-state index >= 15 is 0 Å². The standard InChI is InChI=1S/C13H15F2NO2/c14-10-4-2-8(11(15)5-10)1-3-9-6-13(9,7-16)12(17)18/h2,4-5,9H,1,3,6-7,16H2,(H,17,18). The van der Waals surface area contributed by atoms with Crippen molar-refractivity contribution in [1.82, 2.24) is 0 Å². The molecule has 98 valence electrons. The lowest BCUT2D eigenvalue weighted by Crippen LogP contribution is -2.27. The topological polar surface area (TPSA) is 63.3 Å². The van der Waals surface area contributed by atoms with Crippen molar-refractivity contribution in [1.29, 1.82) is 0 Å². The van der Waals surface area contributed by atoms with Crippen LogP contribution in [0.5, 0.6) is 0 Å². The lowest BCUT2D eigenvalue weighted by atomic mass is 9.99. The molecule has 3 N–H and O–H groups in total. The Morgan fingerprint density at radius 2 is 2.22 bits per heavy atom. The Kier molecular flexibility index (Phi) is 3.34. The van der Waals surface area contributed by atoms with Crippen LogP contribution in [0.4, 0.5) is 8.78 Å². The summed E-state index contributed by atoms with van der Waals surface area (Å²) in [4.78, 5) is 11.0. The zero-order chi connectivity index (χ0) is 13.3. The van der Waals surface area contributed by atoms with E-state index in [9.17, 15) is 13.6 Å². The second-order valence-electron chi connectivity index (χ2n) is 4.84. The maximum Gasteiger partial charge on any atom is 0.311 e. The van der Waals surface area contributed by atoms with Crippen LogP contribution in [0, 0.1) is 23.0 Å². The molecular weight excluding hydrogens is 240 g/mol. The van der Waals surface area contributed by atoms with Crippen LogP contribution in [-0.4, -0.2) is 17.6 Å². The molecule has 0 heterocycles. The molecular formula is C13H15F2NO2. The number of aliphatic carboxylic acids is 1. The molecule has 1 aromatic rings. The Morgan fingerprint density at radius 3 is 2.72 bits per heavy atom. The molecule has 2 rings (SSSR count). The Hall–Kier alpha value is -1.49. The van der Waals surface area contributed by atoms with E-state index in [0.29, 0.717) is 24.8 Å². The molecule has 0 aromatic heterocycles. The molecule has 3 nitrogen and oxygen atoms in total. The van der Waals surface area contributed by atoms with Crippen LogP contribution >= 0.6 is 0 Å². The van der Waals surface area contributed by atoms with Crippen molar-refractivity contribution in [2.45, 2.75) is 19.3 Å². The van der Waals surface area contributed by atoms with Gasteiger partial charge in [-0.05, 0) is 36.8 Å². The summed E-state index contributed by atoms with van der Waals surface area (Å²) in [5, 5.41) is 9.06. The molecule has 0 spiro atoms. The van der Waals surface area contributed by atoms with E-state index < -0.39 is 23.0 Å². The normalized spacial score (nSPS) is 26.1. The molecule has 0 bridgehead atoms. The number of hydrogen-bond acceptors (Lipinski definition) is 2. The van der Waals surface area contributed by atoms with Crippen molar-refractivity contribution >= 4 is 5.97 Å². The molecule has 1 fully saturated rings. The van der Waals surface area contributed by atoms with Gasteiger partial charge in [0.25, 0.3) is 0 Å². The van der Waals surface area contributed by atoms with Gasteiger partial charge in [0.1, 0.15) is 11.6 Å². The number of carboxylic acid groups (broad SMARTS) is 1. The molecule has 1 aliphatic carbocycles. The quantitative estimate of drug-likeness (QED) is 0.845. The highest BCUT2D eigenvalue weighted by Gasteiger charge is 2.58. The number of carbonyl (C=O) groups is 1. The van der Waals surface area contributed by atoms with Gasteiger partial charge in [-0.1, -0.05) is 6.07 Å². The van der Waals surface area contributed by atoms with E-state index in [-0.39, 0.29) is 12.5 Å². The van der Waals surface area contributed by atoms with E-state index in [4.69, 9.17) is 10.8 Å². The maximum atomic E-state index is 13.4. The molecule has 5 heteroatoms. The zero-order valence-corrected chi connectivity index (χ0v) is 9.83. The van der Waals surface area contributed by atoms with E-state index in [1.807, 2.05) is 0 Å². The summed E-state index contributed by atoms with van der Waals surface area (Å²) in [5.41, 5.74) is 5.07. The zero-order valence-electron chi connectivity index (χ0n) is 9.83. The number of halogens is 2. The van der Waals surface area contributed by atoms with Crippen molar-refractivity contribution in [2.75, 3.05) is 6.54 Å². The number of benzene rings is 1. The molecule has 0 amide bonds. The third-order valence-electron chi connectivity index (χ3n) is 3.80. The van der Waals surface area contributed by atoms with Crippen LogP contribution in [0.1, 0.15) is 18.4 Å². The van der Waals surface area contributed by atoms with Gasteiger partial charge in [-0.15, -0.1) is 0 Å². The van der Waals surface area contributed by atoms with Gasteiger partial charge in [0.2, 0.25) is 0 Å². The minimum Gasteiger partial charge on any atom is -0.481 e. The Bertz CT molecular complexity index is 478. The third-order valence-corrected chi connectivity index (χ3v) is 3.80. The van der Waals surface area contributed by atoms with Crippen LogP contribution in [0.3, 0.4) is 0 Å². The Morgan fingerprint density at radius 1 is 1.50 bits per heavy atom. The largest absolute Gasteiger partial charge is 0.481 e. The Balaban J connectivity index is 1.96. The molecule has 18 heavy (non-hydrogen) atoms. The average molecular weight is 255 g/mol. The highest BCUT2D eigenvalue weighted by molar-refractivity contribution is 5.79. The fraction of sp³-hybridized carbons (Fsp3) is 0.462. The second kappa shape index (κ2) is 4.65. The fourth-order valence-corrected chi connectivity index (χ4v) is 2.41. The average Bonchev–Trinajstić information content (AvgIpc) is 3.03. The first-order chi connectivity index (χ1) is 8.49. The highest BCUT2D eigenvalue weighted by Crippen LogP contribution is 2.54.